The molecule has 2 aliphatic rings. The van der Waals surface area contributed by atoms with Crippen LogP contribution < -0.4 is 15.4 Å². The largest absolute Gasteiger partial charge is 0.492 e. The van der Waals surface area contributed by atoms with Gasteiger partial charge in [0, 0.05) is 19.1 Å². The molecule has 2 aliphatic heterocycles. The fourth-order valence-electron chi connectivity index (χ4n) is 3.69. The molecule has 2 amide bonds. The standard InChI is InChI=1S/C20H27N3O3/c1-21-19(24)14-23-12-7-9-16-17(23)10-3-2-6-13-26-18-11-5-4-8-15(18)20(25)22-16/h2-5,8,11,16-17H,6-7,9-10,12-14H2,1H3,(H,21,24)(H,22,25)/b3-2+/t16-,17-/m0/s1. The van der Waals surface area contributed by atoms with E-state index in [1.807, 2.05) is 18.2 Å². The summed E-state index contributed by atoms with van der Waals surface area (Å²) in [5, 5.41) is 5.88. The minimum atomic E-state index is -0.109. The molecule has 1 aromatic carbocycles. The molecule has 0 aromatic heterocycles. The van der Waals surface area contributed by atoms with E-state index in [0.29, 0.717) is 24.5 Å². The summed E-state index contributed by atoms with van der Waals surface area (Å²) in [6, 6.07) is 7.49. The maximum Gasteiger partial charge on any atom is 0.255 e. The number of nitrogens with zero attached hydrogens (tertiary/aromatic N) is 1. The maximum absolute atomic E-state index is 12.9. The van der Waals surface area contributed by atoms with Crippen LogP contribution in [-0.2, 0) is 4.79 Å². The lowest BCUT2D eigenvalue weighted by molar-refractivity contribution is -0.122. The summed E-state index contributed by atoms with van der Waals surface area (Å²) in [5.74, 6) is 0.515. The number of fused-ring (bicyclic) bond motifs is 2. The molecule has 0 aliphatic carbocycles. The van der Waals surface area contributed by atoms with Crippen molar-refractivity contribution in [2.75, 3.05) is 26.7 Å². The zero-order valence-corrected chi connectivity index (χ0v) is 15.2. The molecule has 2 heterocycles. The number of ether oxygens (including phenoxy) is 1. The number of rotatable bonds is 2. The summed E-state index contributed by atoms with van der Waals surface area (Å²) < 4.78 is 5.78. The Labute approximate surface area is 154 Å². The fraction of sp³-hybridized carbons (Fsp3) is 0.500. The molecule has 2 N–H and O–H groups in total. The van der Waals surface area contributed by atoms with Gasteiger partial charge in [-0.2, -0.15) is 0 Å². The lowest BCUT2D eigenvalue weighted by Crippen LogP contribution is -2.56. The highest BCUT2D eigenvalue weighted by atomic mass is 16.5. The highest BCUT2D eigenvalue weighted by Crippen LogP contribution is 2.24. The van der Waals surface area contributed by atoms with Gasteiger partial charge in [-0.1, -0.05) is 24.3 Å². The molecule has 3 rings (SSSR count). The normalized spacial score (nSPS) is 25.3. The van der Waals surface area contributed by atoms with Crippen molar-refractivity contribution in [2.45, 2.75) is 37.8 Å². The molecular formula is C20H27N3O3. The van der Waals surface area contributed by atoms with E-state index in [2.05, 4.69) is 27.7 Å². The molecule has 0 saturated carbocycles. The summed E-state index contributed by atoms with van der Waals surface area (Å²) in [6.07, 6.45) is 7.74. The smallest absolute Gasteiger partial charge is 0.255 e. The lowest BCUT2D eigenvalue weighted by atomic mass is 9.92. The minimum absolute atomic E-state index is 0.00539. The quantitative estimate of drug-likeness (QED) is 0.791. The summed E-state index contributed by atoms with van der Waals surface area (Å²) in [5.41, 5.74) is 0.569. The average molecular weight is 357 g/mol. The van der Waals surface area contributed by atoms with E-state index in [9.17, 15) is 9.59 Å². The van der Waals surface area contributed by atoms with Crippen molar-refractivity contribution in [2.24, 2.45) is 0 Å². The number of benzene rings is 1. The van der Waals surface area contributed by atoms with Crippen molar-refractivity contribution in [3.63, 3.8) is 0 Å². The van der Waals surface area contributed by atoms with Gasteiger partial charge in [0.2, 0.25) is 5.91 Å². The van der Waals surface area contributed by atoms with Crippen LogP contribution in [0.1, 0.15) is 36.0 Å². The Morgan fingerprint density at radius 2 is 2.19 bits per heavy atom. The highest BCUT2D eigenvalue weighted by Gasteiger charge is 2.33. The number of carbonyl (C=O) groups is 2. The minimum Gasteiger partial charge on any atom is -0.492 e. The summed E-state index contributed by atoms with van der Waals surface area (Å²) in [7, 11) is 1.66. The van der Waals surface area contributed by atoms with Crippen LogP contribution in [0.25, 0.3) is 0 Å². The molecule has 0 unspecified atom stereocenters. The van der Waals surface area contributed by atoms with E-state index < -0.39 is 0 Å². The number of likely N-dealkylation sites (N-methyl/N-ethyl adjacent to an activating group) is 1. The Bertz CT molecular complexity index is 674. The van der Waals surface area contributed by atoms with E-state index >= 15 is 0 Å². The first-order valence-electron chi connectivity index (χ1n) is 9.31. The van der Waals surface area contributed by atoms with Crippen molar-refractivity contribution in [3.05, 3.63) is 42.0 Å². The SMILES string of the molecule is CNC(=O)CN1CCC[C@@H]2NC(=O)c3ccccc3OCC/C=C/C[C@@H]21. The Kier molecular flexibility index (Phi) is 6.28. The second kappa shape index (κ2) is 8.85. The average Bonchev–Trinajstić information content (AvgIpc) is 2.65. The number of likely N-dealkylation sites (tertiary alicyclic amines) is 1. The third-order valence-corrected chi connectivity index (χ3v) is 5.05. The number of piperidine rings is 1. The van der Waals surface area contributed by atoms with Crippen LogP contribution >= 0.6 is 0 Å². The maximum atomic E-state index is 12.9. The second-order valence-electron chi connectivity index (χ2n) is 6.77. The van der Waals surface area contributed by atoms with Crippen molar-refractivity contribution in [3.8, 4) is 5.75 Å². The van der Waals surface area contributed by atoms with Gasteiger partial charge >= 0.3 is 0 Å². The van der Waals surface area contributed by atoms with E-state index in [4.69, 9.17) is 4.74 Å². The molecule has 0 spiro atoms. The molecule has 1 saturated heterocycles. The molecule has 26 heavy (non-hydrogen) atoms. The molecule has 6 heteroatoms. The first kappa shape index (κ1) is 18.5. The van der Waals surface area contributed by atoms with Crippen LogP contribution in [0.5, 0.6) is 5.75 Å². The predicted octanol–water partition coefficient (Wildman–Crippen LogP) is 1.72. The molecule has 140 valence electrons. The van der Waals surface area contributed by atoms with E-state index in [0.717, 1.165) is 32.2 Å². The Balaban J connectivity index is 1.84. The van der Waals surface area contributed by atoms with Gasteiger partial charge in [0.15, 0.2) is 0 Å². The van der Waals surface area contributed by atoms with Gasteiger partial charge in [0.25, 0.3) is 5.91 Å². The van der Waals surface area contributed by atoms with Crippen LogP contribution in [0.2, 0.25) is 0 Å². The molecule has 0 bridgehead atoms. The molecule has 6 nitrogen and oxygen atoms in total. The van der Waals surface area contributed by atoms with Gasteiger partial charge < -0.3 is 15.4 Å². The number of nitrogens with one attached hydrogen (secondary N) is 2. The zero-order valence-electron chi connectivity index (χ0n) is 15.2. The van der Waals surface area contributed by atoms with Crippen LogP contribution in [0.4, 0.5) is 0 Å². The van der Waals surface area contributed by atoms with Crippen LogP contribution in [0, 0.1) is 0 Å². The van der Waals surface area contributed by atoms with Crippen molar-refractivity contribution in [1.82, 2.24) is 15.5 Å². The van der Waals surface area contributed by atoms with Gasteiger partial charge in [-0.05, 0) is 44.4 Å². The van der Waals surface area contributed by atoms with Gasteiger partial charge in [-0.15, -0.1) is 0 Å². The summed E-state index contributed by atoms with van der Waals surface area (Å²) in [4.78, 5) is 26.9. The summed E-state index contributed by atoms with van der Waals surface area (Å²) in [6.45, 7) is 1.77. The molecule has 0 radical (unpaired) electrons. The zero-order chi connectivity index (χ0) is 18.4. The number of carbonyl (C=O) groups excluding carboxylic acids is 2. The van der Waals surface area contributed by atoms with E-state index in [1.165, 1.54) is 0 Å². The van der Waals surface area contributed by atoms with Crippen LogP contribution in [0.15, 0.2) is 36.4 Å². The first-order valence-corrected chi connectivity index (χ1v) is 9.31. The highest BCUT2D eigenvalue weighted by molar-refractivity contribution is 5.97. The number of hydrogen-bond donors (Lipinski definition) is 2. The van der Waals surface area contributed by atoms with Crippen molar-refractivity contribution < 1.29 is 14.3 Å². The number of para-hydroxylation sites is 1. The lowest BCUT2D eigenvalue weighted by Gasteiger charge is -2.41. The number of amides is 2. The van der Waals surface area contributed by atoms with Gasteiger partial charge in [-0.3, -0.25) is 14.5 Å². The number of hydrogen-bond acceptors (Lipinski definition) is 4. The third kappa shape index (κ3) is 4.43. The predicted molar refractivity (Wildman–Crippen MR) is 100 cm³/mol. The first-order chi connectivity index (χ1) is 12.7. The van der Waals surface area contributed by atoms with E-state index in [1.54, 1.807) is 13.1 Å². The Morgan fingerprint density at radius 1 is 1.35 bits per heavy atom. The van der Waals surface area contributed by atoms with E-state index in [-0.39, 0.29) is 23.9 Å². The van der Waals surface area contributed by atoms with Crippen molar-refractivity contribution >= 4 is 11.8 Å². The Hall–Kier alpha value is -2.34. The third-order valence-electron chi connectivity index (χ3n) is 5.05. The van der Waals surface area contributed by atoms with Crippen LogP contribution in [0.3, 0.4) is 0 Å². The monoisotopic (exact) mass is 357 g/mol. The van der Waals surface area contributed by atoms with Gasteiger partial charge in [0.1, 0.15) is 5.75 Å². The molecule has 1 aromatic rings. The van der Waals surface area contributed by atoms with Gasteiger partial charge in [-0.25, -0.2) is 0 Å². The molecule has 1 fully saturated rings. The van der Waals surface area contributed by atoms with Crippen LogP contribution in [-0.4, -0.2) is 55.5 Å². The molecule has 2 atom stereocenters. The van der Waals surface area contributed by atoms with Crippen molar-refractivity contribution in [1.29, 1.82) is 0 Å². The van der Waals surface area contributed by atoms with Gasteiger partial charge in [0.05, 0.1) is 18.7 Å². The summed E-state index contributed by atoms with van der Waals surface area (Å²) >= 11 is 0. The second-order valence-corrected chi connectivity index (χ2v) is 6.77. The topological polar surface area (TPSA) is 70.7 Å². The fourth-order valence-corrected chi connectivity index (χ4v) is 3.69. The Morgan fingerprint density at radius 3 is 3.04 bits per heavy atom. The molecular weight excluding hydrogens is 330 g/mol.